The van der Waals surface area contributed by atoms with Crippen LogP contribution in [0.5, 0.6) is 0 Å². The number of hydrogen-bond acceptors (Lipinski definition) is 5. The monoisotopic (exact) mass is 292 g/mol. The number of nitrogens with one attached hydrogen (secondary N) is 2. The molecule has 1 aliphatic heterocycles. The third kappa shape index (κ3) is 4.30. The molecule has 1 unspecified atom stereocenters. The highest BCUT2D eigenvalue weighted by molar-refractivity contribution is 5.57. The average Bonchev–Trinajstić information content (AvgIpc) is 2.92. The first kappa shape index (κ1) is 16.0. The molecule has 0 aromatic carbocycles. The molecule has 0 spiro atoms. The molecular formula is C16H28N4O. The molecule has 2 N–H and O–H groups in total. The zero-order valence-corrected chi connectivity index (χ0v) is 13.5. The molecule has 0 aliphatic carbocycles. The Labute approximate surface area is 127 Å². The van der Waals surface area contributed by atoms with E-state index in [0.717, 1.165) is 63.4 Å². The smallest absolute Gasteiger partial charge is 0.134 e. The molecule has 1 fully saturated rings. The maximum Gasteiger partial charge on any atom is 0.134 e. The molecule has 1 aliphatic rings. The van der Waals surface area contributed by atoms with E-state index in [4.69, 9.17) is 4.74 Å². The van der Waals surface area contributed by atoms with Gasteiger partial charge in [0.2, 0.25) is 0 Å². The third-order valence-electron chi connectivity index (χ3n) is 3.92. The molecule has 2 heterocycles. The Morgan fingerprint density at radius 1 is 1.19 bits per heavy atom. The Morgan fingerprint density at radius 3 is 2.57 bits per heavy atom. The van der Waals surface area contributed by atoms with E-state index in [-0.39, 0.29) is 5.60 Å². The maximum absolute atomic E-state index is 5.84. The molecule has 1 aromatic heterocycles. The predicted molar refractivity (Wildman–Crippen MR) is 86.9 cm³/mol. The first-order valence-electron chi connectivity index (χ1n) is 8.14. The molecule has 5 heteroatoms. The number of aromatic nitrogens is 2. The van der Waals surface area contributed by atoms with Gasteiger partial charge in [0.05, 0.1) is 5.60 Å². The molecule has 118 valence electrons. The van der Waals surface area contributed by atoms with Crippen LogP contribution in [0.15, 0.2) is 6.33 Å². The summed E-state index contributed by atoms with van der Waals surface area (Å²) in [4.78, 5) is 8.84. The van der Waals surface area contributed by atoms with Crippen molar-refractivity contribution in [1.82, 2.24) is 9.97 Å². The van der Waals surface area contributed by atoms with Gasteiger partial charge in [0.15, 0.2) is 0 Å². The van der Waals surface area contributed by atoms with E-state index in [1.54, 1.807) is 6.33 Å². The van der Waals surface area contributed by atoms with Gasteiger partial charge in [-0.05, 0) is 32.6 Å². The predicted octanol–water partition coefficient (Wildman–Crippen LogP) is 3.23. The van der Waals surface area contributed by atoms with Crippen molar-refractivity contribution >= 4 is 11.6 Å². The minimum absolute atomic E-state index is 0.0640. The summed E-state index contributed by atoms with van der Waals surface area (Å²) in [5.74, 6) is 1.91. The summed E-state index contributed by atoms with van der Waals surface area (Å²) in [6.07, 6.45) is 7.03. The second kappa shape index (κ2) is 7.59. The van der Waals surface area contributed by atoms with E-state index in [2.05, 4.69) is 41.4 Å². The van der Waals surface area contributed by atoms with Crippen molar-refractivity contribution in [2.24, 2.45) is 0 Å². The van der Waals surface area contributed by atoms with Crippen LogP contribution in [-0.2, 0) is 11.2 Å². The van der Waals surface area contributed by atoms with Gasteiger partial charge in [-0.25, -0.2) is 9.97 Å². The second-order valence-corrected chi connectivity index (χ2v) is 5.98. The Morgan fingerprint density at radius 2 is 1.95 bits per heavy atom. The van der Waals surface area contributed by atoms with Gasteiger partial charge in [-0.2, -0.15) is 0 Å². The fourth-order valence-electron chi connectivity index (χ4n) is 2.69. The van der Waals surface area contributed by atoms with Crippen molar-refractivity contribution in [2.75, 3.05) is 30.3 Å². The Bertz CT molecular complexity index is 444. The van der Waals surface area contributed by atoms with Gasteiger partial charge in [0, 0.05) is 25.3 Å². The fraction of sp³-hybridized carbons (Fsp3) is 0.750. The highest BCUT2D eigenvalue weighted by atomic mass is 16.5. The molecule has 0 saturated carbocycles. The van der Waals surface area contributed by atoms with Crippen molar-refractivity contribution in [3.8, 4) is 0 Å². The van der Waals surface area contributed by atoms with Crippen molar-refractivity contribution < 1.29 is 4.74 Å². The Hall–Kier alpha value is -1.36. The maximum atomic E-state index is 5.84. The van der Waals surface area contributed by atoms with Gasteiger partial charge in [0.25, 0.3) is 0 Å². The van der Waals surface area contributed by atoms with Crippen LogP contribution in [0.1, 0.15) is 52.0 Å². The van der Waals surface area contributed by atoms with Crippen LogP contribution in [0, 0.1) is 0 Å². The summed E-state index contributed by atoms with van der Waals surface area (Å²) in [6, 6.07) is 0. The lowest BCUT2D eigenvalue weighted by molar-refractivity contribution is 0.0314. The van der Waals surface area contributed by atoms with Gasteiger partial charge < -0.3 is 15.4 Å². The van der Waals surface area contributed by atoms with Crippen LogP contribution in [0.4, 0.5) is 11.6 Å². The summed E-state index contributed by atoms with van der Waals surface area (Å²) in [5.41, 5.74) is 1.13. The van der Waals surface area contributed by atoms with E-state index >= 15 is 0 Å². The van der Waals surface area contributed by atoms with E-state index in [1.165, 1.54) is 5.56 Å². The highest BCUT2D eigenvalue weighted by Crippen LogP contribution is 2.27. The minimum atomic E-state index is -0.0640. The van der Waals surface area contributed by atoms with E-state index in [1.807, 2.05) is 0 Å². The van der Waals surface area contributed by atoms with Crippen molar-refractivity contribution in [3.63, 3.8) is 0 Å². The molecule has 21 heavy (non-hydrogen) atoms. The lowest BCUT2D eigenvalue weighted by Gasteiger charge is -2.24. The van der Waals surface area contributed by atoms with Gasteiger partial charge in [-0.15, -0.1) is 0 Å². The molecule has 1 aromatic rings. The average molecular weight is 292 g/mol. The first-order chi connectivity index (χ1) is 10.2. The van der Waals surface area contributed by atoms with Gasteiger partial charge in [-0.1, -0.05) is 20.3 Å². The molecule has 2 rings (SSSR count). The van der Waals surface area contributed by atoms with Crippen molar-refractivity contribution in [2.45, 2.75) is 58.5 Å². The van der Waals surface area contributed by atoms with Gasteiger partial charge in [0.1, 0.15) is 18.0 Å². The molecule has 1 saturated heterocycles. The molecule has 0 bridgehead atoms. The zero-order valence-electron chi connectivity index (χ0n) is 13.5. The quantitative estimate of drug-likeness (QED) is 0.770. The number of rotatable bonds is 8. The third-order valence-corrected chi connectivity index (χ3v) is 3.92. The molecule has 0 amide bonds. The largest absolute Gasteiger partial charge is 0.373 e. The van der Waals surface area contributed by atoms with Crippen LogP contribution in [0.25, 0.3) is 0 Å². The van der Waals surface area contributed by atoms with Crippen LogP contribution in [-0.4, -0.2) is 35.3 Å². The van der Waals surface area contributed by atoms with Gasteiger partial charge >= 0.3 is 0 Å². The summed E-state index contributed by atoms with van der Waals surface area (Å²) in [6.45, 7) is 9.12. The van der Waals surface area contributed by atoms with Crippen molar-refractivity contribution in [1.29, 1.82) is 0 Å². The first-order valence-corrected chi connectivity index (χ1v) is 8.14. The summed E-state index contributed by atoms with van der Waals surface area (Å²) < 4.78 is 5.84. The molecule has 0 radical (unpaired) electrons. The minimum Gasteiger partial charge on any atom is -0.373 e. The lowest BCUT2D eigenvalue weighted by atomic mass is 10.0. The number of anilines is 2. The summed E-state index contributed by atoms with van der Waals surface area (Å²) in [5, 5.41) is 6.88. The SMILES string of the molecule is CCCNc1ncnc(NCC2(C)CCCO2)c1CCC. The van der Waals surface area contributed by atoms with Crippen LogP contribution >= 0.6 is 0 Å². The molecule has 1 atom stereocenters. The number of ether oxygens (including phenoxy) is 1. The highest BCUT2D eigenvalue weighted by Gasteiger charge is 2.29. The fourth-order valence-corrected chi connectivity index (χ4v) is 2.69. The van der Waals surface area contributed by atoms with Gasteiger partial charge in [-0.3, -0.25) is 0 Å². The topological polar surface area (TPSA) is 59.1 Å². The summed E-state index contributed by atoms with van der Waals surface area (Å²) >= 11 is 0. The normalized spacial score (nSPS) is 21.5. The molecular weight excluding hydrogens is 264 g/mol. The lowest BCUT2D eigenvalue weighted by Crippen LogP contribution is -2.33. The van der Waals surface area contributed by atoms with Crippen LogP contribution < -0.4 is 10.6 Å². The Balaban J connectivity index is 2.09. The standard InChI is InChI=1S/C16H28N4O/c1-4-7-13-14(17-9-5-2)19-12-20-15(13)18-11-16(3)8-6-10-21-16/h12H,4-11H2,1-3H3,(H2,17,18,19,20). The molecule has 5 nitrogen and oxygen atoms in total. The number of hydrogen-bond donors (Lipinski definition) is 2. The second-order valence-electron chi connectivity index (χ2n) is 5.98. The van der Waals surface area contributed by atoms with Crippen LogP contribution in [0.3, 0.4) is 0 Å². The van der Waals surface area contributed by atoms with E-state index in [0.29, 0.717) is 0 Å². The van der Waals surface area contributed by atoms with Crippen LogP contribution in [0.2, 0.25) is 0 Å². The summed E-state index contributed by atoms with van der Waals surface area (Å²) in [7, 11) is 0. The van der Waals surface area contributed by atoms with E-state index < -0.39 is 0 Å². The zero-order chi connectivity index (χ0) is 15.1. The van der Waals surface area contributed by atoms with E-state index in [9.17, 15) is 0 Å². The number of nitrogens with zero attached hydrogens (tertiary/aromatic N) is 2. The van der Waals surface area contributed by atoms with Crippen molar-refractivity contribution in [3.05, 3.63) is 11.9 Å². The Kier molecular flexibility index (Phi) is 5.79.